The lowest BCUT2D eigenvalue weighted by atomic mass is 10.0. The fourth-order valence-electron chi connectivity index (χ4n) is 1.37. The van der Waals surface area contributed by atoms with Crippen LogP contribution in [0.15, 0.2) is 0 Å². The Labute approximate surface area is 127 Å². The maximum Gasteiger partial charge on any atom is 0.351 e. The predicted octanol–water partition coefficient (Wildman–Crippen LogP) is 2.21. The van der Waals surface area contributed by atoms with Crippen LogP contribution in [0, 0.1) is 0 Å². The number of hydrogen-bond donors (Lipinski definition) is 1. The molecule has 6 nitrogen and oxygen atoms in total. The Balaban J connectivity index is 2.80. The molecule has 0 aliphatic heterocycles. The number of sulfone groups is 1. The number of carbonyl (C=O) groups is 1. The van der Waals surface area contributed by atoms with E-state index in [4.69, 9.17) is 11.6 Å². The molecular formula is C11H17ClN2O4S2. The van der Waals surface area contributed by atoms with Gasteiger partial charge in [-0.1, -0.05) is 22.9 Å². The van der Waals surface area contributed by atoms with Crippen LogP contribution in [0.1, 0.15) is 29.9 Å². The minimum absolute atomic E-state index is 0.0654. The van der Waals surface area contributed by atoms with Crippen molar-refractivity contribution < 1.29 is 17.9 Å². The molecule has 0 unspecified atom stereocenters. The molecule has 0 radical (unpaired) electrons. The molecule has 114 valence electrons. The summed E-state index contributed by atoms with van der Waals surface area (Å²) in [7, 11) is -1.76. The van der Waals surface area contributed by atoms with Gasteiger partial charge in [0.1, 0.15) is 9.84 Å². The zero-order valence-electron chi connectivity index (χ0n) is 11.7. The van der Waals surface area contributed by atoms with E-state index in [-0.39, 0.29) is 15.8 Å². The molecule has 1 aromatic heterocycles. The first-order valence-corrected chi connectivity index (χ1v) is 9.00. The maximum absolute atomic E-state index is 11.4. The first-order chi connectivity index (χ1) is 9.04. The number of thiazole rings is 1. The van der Waals surface area contributed by atoms with Gasteiger partial charge in [-0.05, 0) is 20.3 Å². The van der Waals surface area contributed by atoms with Gasteiger partial charge < -0.3 is 10.1 Å². The Morgan fingerprint density at radius 1 is 1.50 bits per heavy atom. The van der Waals surface area contributed by atoms with Crippen molar-refractivity contribution in [3.8, 4) is 0 Å². The van der Waals surface area contributed by atoms with E-state index in [0.717, 1.165) is 11.3 Å². The third-order valence-corrected chi connectivity index (χ3v) is 4.78. The number of nitrogens with one attached hydrogen (secondary N) is 1. The molecule has 0 fully saturated rings. The standard InChI is InChI=1S/C11H17ClN2O4S2/c1-11(2,5-6-20(4,16)17)14-10-13-8(12)7(19-10)9(15)18-3/h5-6H2,1-4H3,(H,13,14). The highest BCUT2D eigenvalue weighted by molar-refractivity contribution is 7.90. The summed E-state index contributed by atoms with van der Waals surface area (Å²) in [6, 6.07) is 0. The molecule has 1 rings (SSSR count). The molecule has 0 aliphatic rings. The highest BCUT2D eigenvalue weighted by atomic mass is 35.5. The van der Waals surface area contributed by atoms with Crippen molar-refractivity contribution in [3.63, 3.8) is 0 Å². The monoisotopic (exact) mass is 340 g/mol. The zero-order valence-corrected chi connectivity index (χ0v) is 14.1. The topological polar surface area (TPSA) is 85.4 Å². The van der Waals surface area contributed by atoms with Crippen molar-refractivity contribution in [2.24, 2.45) is 0 Å². The number of ether oxygens (including phenoxy) is 1. The van der Waals surface area contributed by atoms with Crippen LogP contribution in [-0.4, -0.2) is 44.0 Å². The molecule has 0 aromatic carbocycles. The number of anilines is 1. The molecular weight excluding hydrogens is 324 g/mol. The van der Waals surface area contributed by atoms with Gasteiger partial charge in [0, 0.05) is 11.8 Å². The van der Waals surface area contributed by atoms with Gasteiger partial charge in [0.25, 0.3) is 0 Å². The van der Waals surface area contributed by atoms with E-state index in [2.05, 4.69) is 15.0 Å². The Bertz CT molecular complexity index is 596. The van der Waals surface area contributed by atoms with Gasteiger partial charge in [0.05, 0.1) is 12.9 Å². The van der Waals surface area contributed by atoms with Crippen molar-refractivity contribution in [1.82, 2.24) is 4.98 Å². The van der Waals surface area contributed by atoms with Crippen LogP contribution in [-0.2, 0) is 14.6 Å². The Kier molecular flexibility index (Phi) is 5.39. The average Bonchev–Trinajstić information content (AvgIpc) is 2.65. The predicted molar refractivity (Wildman–Crippen MR) is 80.5 cm³/mol. The Morgan fingerprint density at radius 2 is 2.10 bits per heavy atom. The molecule has 0 aliphatic carbocycles. The van der Waals surface area contributed by atoms with E-state index in [0.29, 0.717) is 11.6 Å². The SMILES string of the molecule is COC(=O)c1sc(NC(C)(C)CCS(C)(=O)=O)nc1Cl. The normalized spacial score (nSPS) is 12.2. The van der Waals surface area contributed by atoms with Gasteiger partial charge in [-0.2, -0.15) is 0 Å². The van der Waals surface area contributed by atoms with Crippen LogP contribution in [0.5, 0.6) is 0 Å². The third-order valence-electron chi connectivity index (χ3n) is 2.50. The van der Waals surface area contributed by atoms with Crippen LogP contribution in [0.2, 0.25) is 5.15 Å². The lowest BCUT2D eigenvalue weighted by molar-refractivity contribution is 0.0606. The molecule has 0 spiro atoms. The summed E-state index contributed by atoms with van der Waals surface area (Å²) in [6.07, 6.45) is 1.61. The van der Waals surface area contributed by atoms with Gasteiger partial charge in [-0.3, -0.25) is 0 Å². The maximum atomic E-state index is 11.4. The Hall–Kier alpha value is -0.860. The molecule has 1 N–H and O–H groups in total. The average molecular weight is 341 g/mol. The van der Waals surface area contributed by atoms with Crippen molar-refractivity contribution >= 4 is 43.9 Å². The molecule has 0 saturated heterocycles. The molecule has 20 heavy (non-hydrogen) atoms. The summed E-state index contributed by atoms with van der Waals surface area (Å²) in [5.74, 6) is -0.481. The number of carbonyl (C=O) groups excluding carboxylic acids is 1. The lowest BCUT2D eigenvalue weighted by Gasteiger charge is -2.25. The highest BCUT2D eigenvalue weighted by Crippen LogP contribution is 2.30. The van der Waals surface area contributed by atoms with Crippen molar-refractivity contribution in [2.75, 3.05) is 24.4 Å². The number of halogens is 1. The van der Waals surface area contributed by atoms with Crippen LogP contribution in [0.4, 0.5) is 5.13 Å². The van der Waals surface area contributed by atoms with E-state index in [1.165, 1.54) is 13.4 Å². The molecule has 9 heteroatoms. The van der Waals surface area contributed by atoms with Crippen LogP contribution >= 0.6 is 22.9 Å². The molecule has 0 amide bonds. The zero-order chi connectivity index (χ0) is 15.6. The minimum Gasteiger partial charge on any atom is -0.465 e. The number of rotatable bonds is 6. The van der Waals surface area contributed by atoms with Gasteiger partial charge in [-0.15, -0.1) is 0 Å². The van der Waals surface area contributed by atoms with Crippen molar-refractivity contribution in [2.45, 2.75) is 25.8 Å². The highest BCUT2D eigenvalue weighted by Gasteiger charge is 2.24. The van der Waals surface area contributed by atoms with Gasteiger partial charge >= 0.3 is 5.97 Å². The van der Waals surface area contributed by atoms with Gasteiger partial charge in [-0.25, -0.2) is 18.2 Å². The first-order valence-electron chi connectivity index (χ1n) is 5.74. The summed E-state index contributed by atoms with van der Waals surface area (Å²) in [4.78, 5) is 15.7. The smallest absolute Gasteiger partial charge is 0.351 e. The van der Waals surface area contributed by atoms with E-state index in [9.17, 15) is 13.2 Å². The fourth-order valence-corrected chi connectivity index (χ4v) is 3.53. The minimum atomic E-state index is -3.03. The molecule has 0 saturated carbocycles. The summed E-state index contributed by atoms with van der Waals surface area (Å²) < 4.78 is 27.0. The molecule has 0 bridgehead atoms. The quantitative estimate of drug-likeness (QED) is 0.799. The third kappa shape index (κ3) is 5.26. The Morgan fingerprint density at radius 3 is 2.60 bits per heavy atom. The molecule has 1 aromatic rings. The van der Waals surface area contributed by atoms with Crippen LogP contribution in [0.25, 0.3) is 0 Å². The van der Waals surface area contributed by atoms with E-state index in [1.807, 2.05) is 13.8 Å². The summed E-state index contributed by atoms with van der Waals surface area (Å²) in [6.45, 7) is 3.70. The van der Waals surface area contributed by atoms with Crippen LogP contribution < -0.4 is 5.32 Å². The second-order valence-corrected chi connectivity index (χ2v) is 8.64. The lowest BCUT2D eigenvalue weighted by Crippen LogP contribution is -2.33. The van der Waals surface area contributed by atoms with Gasteiger partial charge in [0.15, 0.2) is 15.2 Å². The molecule has 1 heterocycles. The number of methoxy groups -OCH3 is 1. The fraction of sp³-hybridized carbons (Fsp3) is 0.636. The molecule has 0 atom stereocenters. The van der Waals surface area contributed by atoms with Crippen molar-refractivity contribution in [3.05, 3.63) is 10.0 Å². The number of hydrogen-bond acceptors (Lipinski definition) is 7. The number of aromatic nitrogens is 1. The number of nitrogens with zero attached hydrogens (tertiary/aromatic N) is 1. The second kappa shape index (κ2) is 6.28. The largest absolute Gasteiger partial charge is 0.465 e. The van der Waals surface area contributed by atoms with E-state index < -0.39 is 21.3 Å². The van der Waals surface area contributed by atoms with E-state index in [1.54, 1.807) is 0 Å². The van der Waals surface area contributed by atoms with Crippen LogP contribution in [0.3, 0.4) is 0 Å². The summed E-state index contributed by atoms with van der Waals surface area (Å²) in [5.41, 5.74) is -0.488. The summed E-state index contributed by atoms with van der Waals surface area (Å²) in [5, 5.41) is 3.61. The second-order valence-electron chi connectivity index (χ2n) is 5.02. The number of esters is 1. The van der Waals surface area contributed by atoms with E-state index >= 15 is 0 Å². The summed E-state index contributed by atoms with van der Waals surface area (Å²) >= 11 is 6.93. The van der Waals surface area contributed by atoms with Crippen molar-refractivity contribution in [1.29, 1.82) is 0 Å². The van der Waals surface area contributed by atoms with Gasteiger partial charge in [0.2, 0.25) is 0 Å². The first kappa shape index (κ1) is 17.2.